The number of nitriles is 1. The predicted octanol–water partition coefficient (Wildman–Crippen LogP) is 3.22. The fraction of sp³-hybridized carbons (Fsp3) is 0.300. The fourth-order valence-electron chi connectivity index (χ4n) is 0.924. The van der Waals surface area contributed by atoms with Gasteiger partial charge < -0.3 is 4.74 Å². The minimum atomic E-state index is 0.457. The number of benzene rings is 1. The van der Waals surface area contributed by atoms with Crippen LogP contribution in [-0.4, -0.2) is 12.5 Å². The van der Waals surface area contributed by atoms with Crippen LogP contribution in [0.25, 0.3) is 0 Å². The van der Waals surface area contributed by atoms with Gasteiger partial charge in [-0.3, -0.25) is 0 Å². The van der Waals surface area contributed by atoms with Crippen molar-refractivity contribution in [1.82, 2.24) is 0 Å². The Morgan fingerprint density at radius 3 is 2.79 bits per heavy atom. The maximum Gasteiger partial charge on any atom is 0.137 e. The Labute approximate surface area is 93.0 Å². The molecule has 0 aliphatic rings. The Kier molecular flexibility index (Phi) is 4.58. The second-order valence-electron chi connectivity index (χ2n) is 2.65. The average molecular weight is 230 g/mol. The van der Waals surface area contributed by atoms with E-state index in [2.05, 4.69) is 0 Å². The third-order valence-corrected chi connectivity index (χ3v) is 2.16. The first-order chi connectivity index (χ1) is 6.77. The summed E-state index contributed by atoms with van der Waals surface area (Å²) < 4.78 is 5.35. The second-order valence-corrected chi connectivity index (χ2v) is 3.43. The summed E-state index contributed by atoms with van der Waals surface area (Å²) >= 11 is 11.4. The summed E-state index contributed by atoms with van der Waals surface area (Å²) in [6, 6.07) is 6.94. The van der Waals surface area contributed by atoms with Crippen LogP contribution >= 0.6 is 23.2 Å². The summed E-state index contributed by atoms with van der Waals surface area (Å²) in [5.74, 6) is 1.16. The van der Waals surface area contributed by atoms with Crippen molar-refractivity contribution in [3.63, 3.8) is 0 Å². The van der Waals surface area contributed by atoms with Crippen LogP contribution in [0.5, 0.6) is 5.75 Å². The Hall–Kier alpha value is -0.910. The summed E-state index contributed by atoms with van der Waals surface area (Å²) in [5.41, 5.74) is 0.527. The number of halogens is 2. The first kappa shape index (κ1) is 11.2. The van der Waals surface area contributed by atoms with Crippen LogP contribution in [0.2, 0.25) is 5.02 Å². The SMILES string of the molecule is N#Cc1ccc(OCCCCl)c(Cl)c1. The summed E-state index contributed by atoms with van der Waals surface area (Å²) in [7, 11) is 0. The number of nitrogens with zero attached hydrogens (tertiary/aromatic N) is 1. The molecule has 0 N–H and O–H groups in total. The largest absolute Gasteiger partial charge is 0.492 e. The van der Waals surface area contributed by atoms with Crippen molar-refractivity contribution in [1.29, 1.82) is 5.26 Å². The van der Waals surface area contributed by atoms with Gasteiger partial charge in [0.1, 0.15) is 5.75 Å². The molecule has 0 radical (unpaired) electrons. The molecule has 0 heterocycles. The lowest BCUT2D eigenvalue weighted by Crippen LogP contribution is -1.98. The molecule has 0 fully saturated rings. The normalized spacial score (nSPS) is 9.50. The summed E-state index contributed by atoms with van der Waals surface area (Å²) in [4.78, 5) is 0. The van der Waals surface area contributed by atoms with E-state index in [0.717, 1.165) is 6.42 Å². The van der Waals surface area contributed by atoms with Gasteiger partial charge in [-0.25, -0.2) is 0 Å². The summed E-state index contributed by atoms with van der Waals surface area (Å²) in [6.45, 7) is 0.537. The third-order valence-electron chi connectivity index (χ3n) is 1.60. The molecule has 0 saturated heterocycles. The van der Waals surface area contributed by atoms with E-state index in [9.17, 15) is 0 Å². The Morgan fingerprint density at radius 1 is 1.43 bits per heavy atom. The molecule has 14 heavy (non-hydrogen) atoms. The molecule has 0 atom stereocenters. The molecule has 4 heteroatoms. The minimum absolute atomic E-state index is 0.457. The molecule has 1 aromatic carbocycles. The van der Waals surface area contributed by atoms with Crippen LogP contribution in [0, 0.1) is 11.3 Å². The van der Waals surface area contributed by atoms with E-state index in [1.165, 1.54) is 0 Å². The van der Waals surface area contributed by atoms with Gasteiger partial charge in [-0.15, -0.1) is 11.6 Å². The molecule has 0 amide bonds. The van der Waals surface area contributed by atoms with E-state index in [1.807, 2.05) is 6.07 Å². The number of ether oxygens (including phenoxy) is 1. The zero-order valence-electron chi connectivity index (χ0n) is 7.46. The lowest BCUT2D eigenvalue weighted by molar-refractivity contribution is 0.318. The molecule has 0 saturated carbocycles. The molecular formula is C10H9Cl2NO. The molecule has 1 rings (SSSR count). The van der Waals surface area contributed by atoms with Gasteiger partial charge in [-0.2, -0.15) is 5.26 Å². The fourth-order valence-corrected chi connectivity index (χ4v) is 1.27. The lowest BCUT2D eigenvalue weighted by atomic mass is 10.2. The van der Waals surface area contributed by atoms with E-state index in [4.69, 9.17) is 33.2 Å². The summed E-state index contributed by atoms with van der Waals surface area (Å²) in [5, 5.41) is 9.06. The van der Waals surface area contributed by atoms with E-state index >= 15 is 0 Å². The van der Waals surface area contributed by atoms with E-state index in [0.29, 0.717) is 28.8 Å². The highest BCUT2D eigenvalue weighted by Crippen LogP contribution is 2.25. The standard InChI is InChI=1S/C10H9Cl2NO/c11-4-1-5-14-10-3-2-8(7-13)6-9(10)12/h2-3,6H,1,4-5H2. The maximum absolute atomic E-state index is 8.60. The maximum atomic E-state index is 8.60. The first-order valence-corrected chi connectivity index (χ1v) is 5.07. The van der Waals surface area contributed by atoms with Crippen LogP contribution < -0.4 is 4.74 Å². The van der Waals surface area contributed by atoms with Gasteiger partial charge in [0.25, 0.3) is 0 Å². The number of hydrogen-bond donors (Lipinski definition) is 0. The average Bonchev–Trinajstić information content (AvgIpc) is 2.20. The van der Waals surface area contributed by atoms with Crippen LogP contribution in [-0.2, 0) is 0 Å². The third kappa shape index (κ3) is 3.10. The minimum Gasteiger partial charge on any atom is -0.492 e. The quantitative estimate of drug-likeness (QED) is 0.587. The molecule has 0 aliphatic carbocycles. The van der Waals surface area contributed by atoms with Crippen LogP contribution in [0.1, 0.15) is 12.0 Å². The zero-order chi connectivity index (χ0) is 10.4. The molecule has 0 aromatic heterocycles. The Bertz CT molecular complexity index is 346. The van der Waals surface area contributed by atoms with Crippen LogP contribution in [0.4, 0.5) is 0 Å². The first-order valence-electron chi connectivity index (χ1n) is 4.16. The Balaban J connectivity index is 2.65. The van der Waals surface area contributed by atoms with Gasteiger partial charge >= 0.3 is 0 Å². The van der Waals surface area contributed by atoms with Crippen molar-refractivity contribution in [3.05, 3.63) is 28.8 Å². The Morgan fingerprint density at radius 2 is 2.21 bits per heavy atom. The van der Waals surface area contributed by atoms with E-state index in [1.54, 1.807) is 18.2 Å². The molecule has 0 bridgehead atoms. The van der Waals surface area contributed by atoms with Crippen molar-refractivity contribution < 1.29 is 4.74 Å². The van der Waals surface area contributed by atoms with E-state index in [-0.39, 0.29) is 0 Å². The molecule has 0 spiro atoms. The monoisotopic (exact) mass is 229 g/mol. The van der Waals surface area contributed by atoms with E-state index < -0.39 is 0 Å². The number of hydrogen-bond acceptors (Lipinski definition) is 2. The second kappa shape index (κ2) is 5.74. The van der Waals surface area contributed by atoms with Crippen molar-refractivity contribution in [2.75, 3.05) is 12.5 Å². The topological polar surface area (TPSA) is 33.0 Å². The van der Waals surface area contributed by atoms with Crippen molar-refractivity contribution in [2.24, 2.45) is 0 Å². The van der Waals surface area contributed by atoms with Gasteiger partial charge in [0, 0.05) is 5.88 Å². The van der Waals surface area contributed by atoms with Gasteiger partial charge in [-0.1, -0.05) is 11.6 Å². The molecule has 1 aromatic rings. The predicted molar refractivity (Wildman–Crippen MR) is 57.0 cm³/mol. The van der Waals surface area contributed by atoms with Crippen LogP contribution in [0.3, 0.4) is 0 Å². The van der Waals surface area contributed by atoms with Crippen LogP contribution in [0.15, 0.2) is 18.2 Å². The van der Waals surface area contributed by atoms with Crippen molar-refractivity contribution in [2.45, 2.75) is 6.42 Å². The molecule has 2 nitrogen and oxygen atoms in total. The molecular weight excluding hydrogens is 221 g/mol. The smallest absolute Gasteiger partial charge is 0.137 e. The zero-order valence-corrected chi connectivity index (χ0v) is 8.98. The molecule has 0 aliphatic heterocycles. The highest BCUT2D eigenvalue weighted by atomic mass is 35.5. The van der Waals surface area contributed by atoms with Crippen molar-refractivity contribution in [3.8, 4) is 11.8 Å². The highest BCUT2D eigenvalue weighted by Gasteiger charge is 2.02. The lowest BCUT2D eigenvalue weighted by Gasteiger charge is -2.06. The highest BCUT2D eigenvalue weighted by molar-refractivity contribution is 6.32. The number of rotatable bonds is 4. The van der Waals surface area contributed by atoms with Gasteiger partial charge in [0.05, 0.1) is 23.3 Å². The molecule has 0 unspecified atom stereocenters. The van der Waals surface area contributed by atoms with Gasteiger partial charge in [-0.05, 0) is 24.6 Å². The number of alkyl halides is 1. The van der Waals surface area contributed by atoms with Crippen molar-refractivity contribution >= 4 is 23.2 Å². The molecule has 74 valence electrons. The summed E-state index contributed by atoms with van der Waals surface area (Å²) in [6.07, 6.45) is 0.776. The van der Waals surface area contributed by atoms with Gasteiger partial charge in [0.2, 0.25) is 0 Å². The van der Waals surface area contributed by atoms with Gasteiger partial charge in [0.15, 0.2) is 0 Å².